The fourth-order valence-corrected chi connectivity index (χ4v) is 5.85. The standard InChI is InChI=1S/C26H46N2O4/c1-18(2)16-20(25(31)12-8-13-25)27-22(29)24(10-6-5-7-11-24)23(30)28-21(17-19(3)4)26(32)14-9-15-26/h18-21,31-32H,5-17H2,1-4H3,(H,27,29)(H,28,30)/t20-,21-/m1/s1. The zero-order valence-corrected chi connectivity index (χ0v) is 20.7. The summed E-state index contributed by atoms with van der Waals surface area (Å²) in [5.74, 6) is 0.211. The Balaban J connectivity index is 1.79. The minimum absolute atomic E-state index is 0.232. The Hall–Kier alpha value is -1.14. The van der Waals surface area contributed by atoms with Gasteiger partial charge in [0.05, 0.1) is 23.3 Å². The predicted molar refractivity (Wildman–Crippen MR) is 126 cm³/mol. The topological polar surface area (TPSA) is 98.7 Å². The molecular weight excluding hydrogens is 404 g/mol. The summed E-state index contributed by atoms with van der Waals surface area (Å²) in [6, 6.07) is -0.643. The zero-order chi connectivity index (χ0) is 23.6. The van der Waals surface area contributed by atoms with Gasteiger partial charge in [0.1, 0.15) is 5.41 Å². The summed E-state index contributed by atoms with van der Waals surface area (Å²) in [5.41, 5.74) is -2.82. The van der Waals surface area contributed by atoms with Gasteiger partial charge in [-0.1, -0.05) is 47.0 Å². The third kappa shape index (κ3) is 5.32. The molecule has 3 rings (SSSR count). The summed E-state index contributed by atoms with van der Waals surface area (Å²) in [5, 5.41) is 28.4. The number of amides is 2. The minimum Gasteiger partial charge on any atom is -0.388 e. The summed E-state index contributed by atoms with van der Waals surface area (Å²) < 4.78 is 0. The van der Waals surface area contributed by atoms with Crippen LogP contribution in [0, 0.1) is 17.3 Å². The molecule has 0 aromatic rings. The van der Waals surface area contributed by atoms with E-state index in [1.165, 1.54) is 0 Å². The van der Waals surface area contributed by atoms with Crippen molar-refractivity contribution in [3.63, 3.8) is 0 Å². The molecule has 0 bridgehead atoms. The van der Waals surface area contributed by atoms with Crippen LogP contribution in [0.15, 0.2) is 0 Å². The number of carbonyl (C=O) groups is 2. The molecule has 0 unspecified atom stereocenters. The van der Waals surface area contributed by atoms with E-state index >= 15 is 0 Å². The zero-order valence-electron chi connectivity index (χ0n) is 20.7. The smallest absolute Gasteiger partial charge is 0.236 e. The molecule has 0 spiro atoms. The largest absolute Gasteiger partial charge is 0.388 e. The monoisotopic (exact) mass is 450 g/mol. The molecule has 32 heavy (non-hydrogen) atoms. The van der Waals surface area contributed by atoms with E-state index < -0.39 is 16.6 Å². The second-order valence-corrected chi connectivity index (χ2v) is 11.9. The van der Waals surface area contributed by atoms with E-state index in [-0.39, 0.29) is 23.9 Å². The maximum Gasteiger partial charge on any atom is 0.236 e. The van der Waals surface area contributed by atoms with Gasteiger partial charge in [0.15, 0.2) is 0 Å². The Morgan fingerprint density at radius 3 is 1.31 bits per heavy atom. The predicted octanol–water partition coefficient (Wildman–Crippen LogP) is 3.83. The summed E-state index contributed by atoms with van der Waals surface area (Å²) in [4.78, 5) is 27.5. The molecule has 6 heteroatoms. The first-order valence-corrected chi connectivity index (χ1v) is 13.1. The van der Waals surface area contributed by atoms with Crippen molar-refractivity contribution in [1.82, 2.24) is 10.6 Å². The highest BCUT2D eigenvalue weighted by atomic mass is 16.3. The SMILES string of the molecule is CC(C)C[C@@H](NC(=O)C1(C(=O)N[C@H](CC(C)C)C2(O)CCC2)CCCCC1)C1(O)CCC1. The van der Waals surface area contributed by atoms with Crippen molar-refractivity contribution in [3.8, 4) is 0 Å². The van der Waals surface area contributed by atoms with Crippen molar-refractivity contribution in [2.45, 2.75) is 134 Å². The molecule has 184 valence electrons. The maximum absolute atomic E-state index is 13.7. The molecule has 3 fully saturated rings. The normalized spacial score (nSPS) is 25.4. The van der Waals surface area contributed by atoms with Gasteiger partial charge < -0.3 is 20.8 Å². The van der Waals surface area contributed by atoms with Gasteiger partial charge in [0.2, 0.25) is 11.8 Å². The first-order chi connectivity index (χ1) is 15.0. The molecule has 0 aromatic heterocycles. The van der Waals surface area contributed by atoms with Gasteiger partial charge in [0.25, 0.3) is 0 Å². The summed E-state index contributed by atoms with van der Waals surface area (Å²) in [7, 11) is 0. The van der Waals surface area contributed by atoms with Crippen LogP contribution in [0.3, 0.4) is 0 Å². The lowest BCUT2D eigenvalue weighted by Crippen LogP contribution is -2.64. The Morgan fingerprint density at radius 2 is 1.03 bits per heavy atom. The van der Waals surface area contributed by atoms with Crippen LogP contribution in [0.1, 0.15) is 111 Å². The van der Waals surface area contributed by atoms with Crippen LogP contribution >= 0.6 is 0 Å². The van der Waals surface area contributed by atoms with Gasteiger partial charge in [-0.15, -0.1) is 0 Å². The molecule has 0 aliphatic heterocycles. The second kappa shape index (κ2) is 10.0. The van der Waals surface area contributed by atoms with E-state index in [1.807, 2.05) is 0 Å². The lowest BCUT2D eigenvalue weighted by molar-refractivity contribution is -0.152. The van der Waals surface area contributed by atoms with Crippen molar-refractivity contribution in [1.29, 1.82) is 0 Å². The van der Waals surface area contributed by atoms with Crippen LogP contribution in [0.25, 0.3) is 0 Å². The van der Waals surface area contributed by atoms with E-state index in [9.17, 15) is 19.8 Å². The number of nitrogens with one attached hydrogen (secondary N) is 2. The lowest BCUT2D eigenvalue weighted by Gasteiger charge is -2.47. The first kappa shape index (κ1) is 25.5. The molecule has 0 radical (unpaired) electrons. The number of aliphatic hydroxyl groups is 2. The minimum atomic E-state index is -1.11. The fraction of sp³-hybridized carbons (Fsp3) is 0.923. The van der Waals surface area contributed by atoms with Crippen LogP contribution in [0.5, 0.6) is 0 Å². The number of hydrogen-bond donors (Lipinski definition) is 4. The number of carbonyl (C=O) groups excluding carboxylic acids is 2. The van der Waals surface area contributed by atoms with Crippen molar-refractivity contribution in [3.05, 3.63) is 0 Å². The molecular formula is C26H46N2O4. The van der Waals surface area contributed by atoms with Crippen LogP contribution in [-0.2, 0) is 9.59 Å². The highest BCUT2D eigenvalue weighted by Crippen LogP contribution is 2.42. The maximum atomic E-state index is 13.7. The lowest BCUT2D eigenvalue weighted by atomic mass is 9.69. The molecule has 0 aromatic carbocycles. The summed E-state index contributed by atoms with van der Waals surface area (Å²) in [6.45, 7) is 8.39. The van der Waals surface area contributed by atoms with Gasteiger partial charge in [0, 0.05) is 0 Å². The van der Waals surface area contributed by atoms with Gasteiger partial charge in [-0.3, -0.25) is 9.59 Å². The highest BCUT2D eigenvalue weighted by Gasteiger charge is 2.52. The average molecular weight is 451 g/mol. The molecule has 3 aliphatic carbocycles. The van der Waals surface area contributed by atoms with E-state index in [0.717, 1.165) is 32.1 Å². The quantitative estimate of drug-likeness (QED) is 0.380. The highest BCUT2D eigenvalue weighted by molar-refractivity contribution is 6.05. The van der Waals surface area contributed by atoms with Gasteiger partial charge in [-0.2, -0.15) is 0 Å². The fourth-order valence-electron chi connectivity index (χ4n) is 5.85. The Bertz CT molecular complexity index is 611. The molecule has 2 amide bonds. The third-order valence-corrected chi connectivity index (χ3v) is 8.34. The molecule has 3 saturated carbocycles. The molecule has 3 aliphatic rings. The van der Waals surface area contributed by atoms with Gasteiger partial charge >= 0.3 is 0 Å². The molecule has 0 saturated heterocycles. The van der Waals surface area contributed by atoms with Gasteiger partial charge in [-0.25, -0.2) is 0 Å². The average Bonchev–Trinajstić information content (AvgIpc) is 2.68. The van der Waals surface area contributed by atoms with Crippen molar-refractivity contribution in [2.24, 2.45) is 17.3 Å². The van der Waals surface area contributed by atoms with Crippen LogP contribution in [0.4, 0.5) is 0 Å². The van der Waals surface area contributed by atoms with Gasteiger partial charge in [-0.05, 0) is 76.0 Å². The molecule has 0 heterocycles. The van der Waals surface area contributed by atoms with E-state index in [1.54, 1.807) is 0 Å². The van der Waals surface area contributed by atoms with E-state index in [0.29, 0.717) is 63.2 Å². The Kier molecular flexibility index (Phi) is 7.97. The Labute approximate surface area is 194 Å². The van der Waals surface area contributed by atoms with Crippen LogP contribution in [-0.4, -0.2) is 45.3 Å². The number of rotatable bonds is 10. The van der Waals surface area contributed by atoms with Crippen molar-refractivity contribution >= 4 is 11.8 Å². The summed E-state index contributed by atoms with van der Waals surface area (Å²) in [6.07, 6.45) is 9.95. The van der Waals surface area contributed by atoms with Crippen LogP contribution < -0.4 is 10.6 Å². The van der Waals surface area contributed by atoms with E-state index in [4.69, 9.17) is 0 Å². The summed E-state index contributed by atoms with van der Waals surface area (Å²) >= 11 is 0. The third-order valence-electron chi connectivity index (χ3n) is 8.34. The molecule has 6 nitrogen and oxygen atoms in total. The number of hydrogen-bond acceptors (Lipinski definition) is 4. The van der Waals surface area contributed by atoms with Crippen molar-refractivity contribution in [2.75, 3.05) is 0 Å². The molecule has 4 N–H and O–H groups in total. The first-order valence-electron chi connectivity index (χ1n) is 13.1. The molecule has 2 atom stereocenters. The van der Waals surface area contributed by atoms with E-state index in [2.05, 4.69) is 38.3 Å². The Morgan fingerprint density at radius 1 is 0.656 bits per heavy atom. The van der Waals surface area contributed by atoms with Crippen LogP contribution in [0.2, 0.25) is 0 Å². The van der Waals surface area contributed by atoms with Crippen molar-refractivity contribution < 1.29 is 19.8 Å². The second-order valence-electron chi connectivity index (χ2n) is 11.9.